The van der Waals surface area contributed by atoms with Crippen LogP contribution >= 0.6 is 11.6 Å². The summed E-state index contributed by atoms with van der Waals surface area (Å²) in [5.41, 5.74) is 9.18. The van der Waals surface area contributed by atoms with Crippen molar-refractivity contribution in [1.29, 1.82) is 0 Å². The zero-order valence-electron chi connectivity index (χ0n) is 15.5. The molecule has 1 saturated heterocycles. The van der Waals surface area contributed by atoms with Crippen molar-refractivity contribution in [2.45, 2.75) is 12.8 Å². The van der Waals surface area contributed by atoms with Gasteiger partial charge in [-0.05, 0) is 61.4 Å². The van der Waals surface area contributed by atoms with Crippen molar-refractivity contribution in [2.75, 3.05) is 23.7 Å². The molecule has 2 aromatic carbocycles. The van der Waals surface area contributed by atoms with E-state index in [2.05, 4.69) is 15.0 Å². The second-order valence-electron chi connectivity index (χ2n) is 7.05. The van der Waals surface area contributed by atoms with E-state index in [0.717, 1.165) is 37.2 Å². The van der Waals surface area contributed by atoms with Gasteiger partial charge >= 0.3 is 0 Å². The van der Waals surface area contributed by atoms with E-state index >= 15 is 0 Å². The predicted molar refractivity (Wildman–Crippen MR) is 113 cm³/mol. The largest absolute Gasteiger partial charge is 0.383 e. The molecule has 2 aromatic heterocycles. The monoisotopic (exact) mass is 408 g/mol. The van der Waals surface area contributed by atoms with Gasteiger partial charge in [0, 0.05) is 23.7 Å². The summed E-state index contributed by atoms with van der Waals surface area (Å²) in [6.07, 6.45) is 2.21. The van der Waals surface area contributed by atoms with Crippen molar-refractivity contribution in [3.8, 4) is 16.9 Å². The second kappa shape index (κ2) is 7.00. The van der Waals surface area contributed by atoms with Crippen LogP contribution in [0.5, 0.6) is 0 Å². The highest BCUT2D eigenvalue weighted by Crippen LogP contribution is 2.34. The first kappa shape index (κ1) is 17.9. The Morgan fingerprint density at radius 3 is 2.31 bits per heavy atom. The molecule has 0 bridgehead atoms. The van der Waals surface area contributed by atoms with Crippen LogP contribution in [0, 0.1) is 5.82 Å². The molecule has 146 valence electrons. The van der Waals surface area contributed by atoms with Gasteiger partial charge in [-0.25, -0.2) is 14.1 Å². The third kappa shape index (κ3) is 3.17. The topological polar surface area (TPSA) is 72.9 Å². The maximum absolute atomic E-state index is 13.5. The minimum absolute atomic E-state index is 0.302. The van der Waals surface area contributed by atoms with E-state index in [4.69, 9.17) is 22.3 Å². The summed E-state index contributed by atoms with van der Waals surface area (Å²) < 4.78 is 15.1. The van der Waals surface area contributed by atoms with Gasteiger partial charge < -0.3 is 10.6 Å². The van der Waals surface area contributed by atoms with Gasteiger partial charge in [0.05, 0.1) is 16.8 Å². The van der Waals surface area contributed by atoms with E-state index in [9.17, 15) is 4.39 Å². The fourth-order valence-corrected chi connectivity index (χ4v) is 3.78. The maximum Gasteiger partial charge on any atom is 0.228 e. The van der Waals surface area contributed by atoms with E-state index < -0.39 is 0 Å². The number of rotatable bonds is 3. The third-order valence-electron chi connectivity index (χ3n) is 5.13. The van der Waals surface area contributed by atoms with Crippen LogP contribution in [0.1, 0.15) is 12.8 Å². The first-order valence-corrected chi connectivity index (χ1v) is 9.81. The Morgan fingerprint density at radius 1 is 0.931 bits per heavy atom. The van der Waals surface area contributed by atoms with E-state index in [1.165, 1.54) is 12.1 Å². The quantitative estimate of drug-likeness (QED) is 0.542. The Kier molecular flexibility index (Phi) is 4.32. The number of nitrogen functional groups attached to an aromatic ring is 1. The van der Waals surface area contributed by atoms with Gasteiger partial charge in [0.1, 0.15) is 11.6 Å². The van der Waals surface area contributed by atoms with Crippen LogP contribution in [-0.4, -0.2) is 32.8 Å². The summed E-state index contributed by atoms with van der Waals surface area (Å²) in [4.78, 5) is 11.6. The number of aromatic nitrogens is 4. The van der Waals surface area contributed by atoms with Gasteiger partial charge in [-0.2, -0.15) is 4.98 Å². The normalized spacial score (nSPS) is 14.1. The van der Waals surface area contributed by atoms with Crippen molar-refractivity contribution >= 4 is 34.4 Å². The summed E-state index contributed by atoms with van der Waals surface area (Å²) in [5, 5.41) is 5.92. The molecule has 1 aliphatic rings. The minimum atomic E-state index is -0.302. The highest BCUT2D eigenvalue weighted by atomic mass is 35.5. The number of fused-ring (bicyclic) bond motifs is 1. The Hall–Kier alpha value is -3.19. The van der Waals surface area contributed by atoms with Crippen molar-refractivity contribution < 1.29 is 4.39 Å². The molecule has 6 nitrogen and oxygen atoms in total. The van der Waals surface area contributed by atoms with Crippen LogP contribution < -0.4 is 10.6 Å². The smallest absolute Gasteiger partial charge is 0.228 e. The lowest BCUT2D eigenvalue weighted by atomic mass is 10.1. The van der Waals surface area contributed by atoms with Gasteiger partial charge in [-0.15, -0.1) is 5.10 Å². The molecule has 8 heteroatoms. The molecule has 4 aromatic rings. The number of hydrogen-bond acceptors (Lipinski definition) is 5. The Bertz CT molecular complexity index is 1180. The Morgan fingerprint density at radius 2 is 1.62 bits per heavy atom. The van der Waals surface area contributed by atoms with Gasteiger partial charge in [0.2, 0.25) is 5.95 Å². The minimum Gasteiger partial charge on any atom is -0.383 e. The molecule has 2 N–H and O–H groups in total. The first-order valence-electron chi connectivity index (χ1n) is 9.43. The number of anilines is 2. The molecule has 29 heavy (non-hydrogen) atoms. The fraction of sp³-hybridized carbons (Fsp3) is 0.190. The molecule has 1 aliphatic heterocycles. The zero-order chi connectivity index (χ0) is 20.0. The summed E-state index contributed by atoms with van der Waals surface area (Å²) in [5.74, 6) is 0.744. The average molecular weight is 409 g/mol. The van der Waals surface area contributed by atoms with Gasteiger partial charge in [0.25, 0.3) is 0 Å². The molecule has 0 amide bonds. The van der Waals surface area contributed by atoms with Crippen LogP contribution in [0.25, 0.3) is 28.0 Å². The van der Waals surface area contributed by atoms with E-state index in [-0.39, 0.29) is 5.82 Å². The SMILES string of the molecule is Nc1c2c(-c3ccc(F)cc3)nc(N3CCCC3)nc2nn1-c1ccc(Cl)cc1. The number of halogens is 2. The van der Waals surface area contributed by atoms with Crippen LogP contribution in [0.2, 0.25) is 5.02 Å². The number of nitrogens with zero attached hydrogens (tertiary/aromatic N) is 5. The van der Waals surface area contributed by atoms with Gasteiger partial charge in [-0.3, -0.25) is 0 Å². The highest BCUT2D eigenvalue weighted by molar-refractivity contribution is 6.30. The van der Waals surface area contributed by atoms with Gasteiger partial charge in [-0.1, -0.05) is 11.6 Å². The second-order valence-corrected chi connectivity index (χ2v) is 7.48. The molecular weight excluding hydrogens is 391 g/mol. The maximum atomic E-state index is 13.5. The summed E-state index contributed by atoms with van der Waals surface area (Å²) in [7, 11) is 0. The fourth-order valence-electron chi connectivity index (χ4n) is 3.65. The predicted octanol–water partition coefficient (Wildman–Crippen LogP) is 4.46. The molecule has 5 rings (SSSR count). The molecule has 0 spiro atoms. The lowest BCUT2D eigenvalue weighted by Gasteiger charge is -2.16. The third-order valence-corrected chi connectivity index (χ3v) is 5.39. The Balaban J connectivity index is 1.75. The molecular formula is C21H18ClFN6. The van der Waals surface area contributed by atoms with Crippen molar-refractivity contribution in [1.82, 2.24) is 19.7 Å². The number of nitrogens with two attached hydrogens (primary N) is 1. The molecule has 0 saturated carbocycles. The van der Waals surface area contributed by atoms with E-state index in [1.54, 1.807) is 28.9 Å². The standard InChI is InChI=1S/C21H18ClFN6/c22-14-5-9-16(10-6-14)29-19(24)17-18(13-3-7-15(23)8-4-13)25-21(26-20(17)27-29)28-11-1-2-12-28/h3-10H,1-2,11-12,24H2. The van der Waals surface area contributed by atoms with Crippen molar-refractivity contribution in [2.24, 2.45) is 0 Å². The van der Waals surface area contributed by atoms with Crippen molar-refractivity contribution in [3.05, 3.63) is 59.4 Å². The molecule has 3 heterocycles. The first-order chi connectivity index (χ1) is 14.1. The summed E-state index contributed by atoms with van der Waals surface area (Å²) in [6, 6.07) is 13.5. The molecule has 0 atom stereocenters. The highest BCUT2D eigenvalue weighted by Gasteiger charge is 2.22. The van der Waals surface area contributed by atoms with E-state index in [1.807, 2.05) is 12.1 Å². The summed E-state index contributed by atoms with van der Waals surface area (Å²) in [6.45, 7) is 1.81. The summed E-state index contributed by atoms with van der Waals surface area (Å²) >= 11 is 6.01. The van der Waals surface area contributed by atoms with Crippen LogP contribution in [0.4, 0.5) is 16.2 Å². The molecule has 0 aliphatic carbocycles. The van der Waals surface area contributed by atoms with Crippen LogP contribution in [0.3, 0.4) is 0 Å². The molecule has 1 fully saturated rings. The van der Waals surface area contributed by atoms with E-state index in [0.29, 0.717) is 33.5 Å². The van der Waals surface area contributed by atoms with Crippen LogP contribution in [-0.2, 0) is 0 Å². The lowest BCUT2D eigenvalue weighted by molar-refractivity contribution is 0.628. The average Bonchev–Trinajstić information content (AvgIpc) is 3.37. The number of benzene rings is 2. The number of hydrogen-bond donors (Lipinski definition) is 1. The lowest BCUT2D eigenvalue weighted by Crippen LogP contribution is -2.20. The molecule has 0 radical (unpaired) electrons. The van der Waals surface area contributed by atoms with Crippen LogP contribution in [0.15, 0.2) is 48.5 Å². The van der Waals surface area contributed by atoms with Crippen molar-refractivity contribution in [3.63, 3.8) is 0 Å². The Labute approximate surface area is 171 Å². The molecule has 0 unspecified atom stereocenters. The van der Waals surface area contributed by atoms with Gasteiger partial charge in [0.15, 0.2) is 5.65 Å². The zero-order valence-corrected chi connectivity index (χ0v) is 16.3.